The smallest absolute Gasteiger partial charge is 0.414 e. The van der Waals surface area contributed by atoms with E-state index in [-0.39, 0.29) is 43.1 Å². The summed E-state index contributed by atoms with van der Waals surface area (Å²) in [6, 6.07) is 2.37. The van der Waals surface area contributed by atoms with Crippen LogP contribution in [-0.2, 0) is 9.53 Å². The molecule has 3 saturated heterocycles. The first-order valence-corrected chi connectivity index (χ1v) is 10.7. The molecule has 4 fully saturated rings. The molecular formula is C19H23F2N3O3S. The zero-order chi connectivity index (χ0) is 19.5. The van der Waals surface area contributed by atoms with Crippen LogP contribution in [0.5, 0.6) is 0 Å². The van der Waals surface area contributed by atoms with Crippen molar-refractivity contribution in [1.29, 1.82) is 0 Å². The number of thioether (sulfide) groups is 1. The van der Waals surface area contributed by atoms with Gasteiger partial charge in [0.1, 0.15) is 11.8 Å². The predicted molar refractivity (Wildman–Crippen MR) is 104 cm³/mol. The molecule has 3 heterocycles. The van der Waals surface area contributed by atoms with Crippen molar-refractivity contribution in [3.63, 3.8) is 0 Å². The van der Waals surface area contributed by atoms with E-state index in [1.165, 1.54) is 17.0 Å². The lowest BCUT2D eigenvalue weighted by Gasteiger charge is -2.56. The largest absolute Gasteiger partial charge is 0.442 e. The molecule has 28 heavy (non-hydrogen) atoms. The van der Waals surface area contributed by atoms with Crippen LogP contribution >= 0.6 is 11.8 Å². The molecule has 0 radical (unpaired) electrons. The quantitative estimate of drug-likeness (QED) is 0.807. The third-order valence-electron chi connectivity index (χ3n) is 5.82. The number of carbonyl (C=O) groups is 2. The Morgan fingerprint density at radius 1 is 1.29 bits per heavy atom. The van der Waals surface area contributed by atoms with Gasteiger partial charge in [-0.25, -0.2) is 13.6 Å². The Bertz CT molecular complexity index is 819. The Balaban J connectivity index is 0.00000205. The Kier molecular flexibility index (Phi) is 4.19. The van der Waals surface area contributed by atoms with E-state index in [4.69, 9.17) is 4.74 Å². The highest BCUT2D eigenvalue weighted by Crippen LogP contribution is 2.48. The van der Waals surface area contributed by atoms with Crippen molar-refractivity contribution >= 4 is 35.1 Å². The lowest BCUT2D eigenvalue weighted by atomic mass is 9.82. The zero-order valence-electron chi connectivity index (χ0n) is 15.2. The van der Waals surface area contributed by atoms with E-state index in [1.54, 1.807) is 4.90 Å². The Labute approximate surface area is 167 Å². The van der Waals surface area contributed by atoms with Gasteiger partial charge < -0.3 is 15.0 Å². The number of nitrogens with one attached hydrogen (secondary N) is 1. The molecule has 1 atom stereocenters. The third kappa shape index (κ3) is 3.09. The van der Waals surface area contributed by atoms with E-state index in [2.05, 4.69) is 5.32 Å². The van der Waals surface area contributed by atoms with Gasteiger partial charge in [0.05, 0.1) is 18.8 Å². The topological polar surface area (TPSA) is 61.9 Å². The zero-order valence-corrected chi connectivity index (χ0v) is 16.1. The molecule has 4 aliphatic rings. The van der Waals surface area contributed by atoms with Crippen molar-refractivity contribution < 1.29 is 24.5 Å². The molecule has 3 aliphatic heterocycles. The van der Waals surface area contributed by atoms with E-state index in [0.717, 1.165) is 24.3 Å². The molecule has 1 N–H and O–H groups in total. The third-order valence-corrected chi connectivity index (χ3v) is 7.46. The highest BCUT2D eigenvalue weighted by molar-refractivity contribution is 8.00. The molecule has 152 valence electrons. The van der Waals surface area contributed by atoms with Crippen LogP contribution in [0.25, 0.3) is 0 Å². The summed E-state index contributed by atoms with van der Waals surface area (Å²) >= 11 is 1.86. The molecule has 1 saturated carbocycles. The Hall–Kier alpha value is -2.03. The van der Waals surface area contributed by atoms with Gasteiger partial charge in [0.2, 0.25) is 5.91 Å². The second-order valence-electron chi connectivity index (χ2n) is 8.24. The highest BCUT2D eigenvalue weighted by atomic mass is 32.2. The van der Waals surface area contributed by atoms with Crippen LogP contribution in [0.15, 0.2) is 12.1 Å². The number of hydrogen-bond donors (Lipinski definition) is 1. The maximum absolute atomic E-state index is 14.7. The molecule has 0 unspecified atom stereocenters. The number of cyclic esters (lactones) is 1. The van der Waals surface area contributed by atoms with Gasteiger partial charge in [0.15, 0.2) is 11.6 Å². The van der Waals surface area contributed by atoms with Crippen LogP contribution < -0.4 is 15.1 Å². The van der Waals surface area contributed by atoms with Gasteiger partial charge >= 0.3 is 6.09 Å². The fourth-order valence-corrected chi connectivity index (χ4v) is 5.19. The van der Waals surface area contributed by atoms with Crippen LogP contribution in [0, 0.1) is 23.0 Å². The molecular weight excluding hydrogens is 388 g/mol. The first kappa shape index (κ1) is 18.0. The van der Waals surface area contributed by atoms with Crippen LogP contribution in [-0.4, -0.2) is 55.8 Å². The number of carbonyl (C=O) groups excluding carboxylic acids is 2. The number of rotatable bonds is 5. The first-order chi connectivity index (χ1) is 13.4. The van der Waals surface area contributed by atoms with E-state index >= 15 is 0 Å². The molecule has 0 aromatic heterocycles. The fraction of sp³-hybridized carbons (Fsp3) is 0.579. The molecule has 0 bridgehead atoms. The summed E-state index contributed by atoms with van der Waals surface area (Å²) < 4.78 is 34.6. The summed E-state index contributed by atoms with van der Waals surface area (Å²) in [5.74, 6) is 0.785. The van der Waals surface area contributed by atoms with Crippen molar-refractivity contribution in [2.24, 2.45) is 11.3 Å². The molecule has 1 aromatic carbocycles. The molecule has 6 nitrogen and oxygen atoms in total. The fourth-order valence-electron chi connectivity index (χ4n) is 4.05. The van der Waals surface area contributed by atoms with Crippen LogP contribution in [0.4, 0.5) is 25.0 Å². The van der Waals surface area contributed by atoms with Gasteiger partial charge in [0.25, 0.3) is 0 Å². The van der Waals surface area contributed by atoms with Crippen LogP contribution in [0.2, 0.25) is 0 Å². The lowest BCUT2D eigenvalue weighted by molar-refractivity contribution is -0.122. The summed E-state index contributed by atoms with van der Waals surface area (Å²) in [5.41, 5.74) is 0.334. The van der Waals surface area contributed by atoms with Gasteiger partial charge in [0, 0.05) is 49.5 Å². The summed E-state index contributed by atoms with van der Waals surface area (Å²) in [4.78, 5) is 26.8. The van der Waals surface area contributed by atoms with Gasteiger partial charge in [-0.1, -0.05) is 0 Å². The van der Waals surface area contributed by atoms with Crippen LogP contribution in [0.3, 0.4) is 0 Å². The first-order valence-electron chi connectivity index (χ1n) is 9.52. The second kappa shape index (κ2) is 6.50. The van der Waals surface area contributed by atoms with E-state index in [1.807, 2.05) is 11.8 Å². The van der Waals surface area contributed by atoms with Crippen molar-refractivity contribution in [2.75, 3.05) is 47.5 Å². The van der Waals surface area contributed by atoms with Gasteiger partial charge in [-0.2, -0.15) is 11.8 Å². The minimum Gasteiger partial charge on any atom is -0.442 e. The number of anilines is 2. The summed E-state index contributed by atoms with van der Waals surface area (Å²) in [5, 5.41) is 2.76. The predicted octanol–water partition coefficient (Wildman–Crippen LogP) is 2.62. The normalized spacial score (nSPS) is 25.4. The highest BCUT2D eigenvalue weighted by Gasteiger charge is 2.49. The molecule has 1 aromatic rings. The maximum Gasteiger partial charge on any atom is 0.414 e. The SMILES string of the molecule is O=C(NC[C@H]1CN(c2cc(F)c(N3CC4(CSC4)C3)c(F)c2)C(=O)O1)C1CC1.[HH]. The minimum atomic E-state index is -0.671. The number of amides is 2. The number of halogens is 2. The molecule has 1 spiro atoms. The monoisotopic (exact) mass is 411 g/mol. The average Bonchev–Trinajstić information content (AvgIpc) is 3.35. The van der Waals surface area contributed by atoms with Crippen molar-refractivity contribution in [2.45, 2.75) is 18.9 Å². The summed E-state index contributed by atoms with van der Waals surface area (Å²) in [6.07, 6.45) is 0.591. The lowest BCUT2D eigenvalue weighted by Crippen LogP contribution is -2.63. The number of benzene rings is 1. The average molecular weight is 411 g/mol. The van der Waals surface area contributed by atoms with E-state index < -0.39 is 23.8 Å². The van der Waals surface area contributed by atoms with Crippen molar-refractivity contribution in [3.05, 3.63) is 23.8 Å². The molecule has 2 amide bonds. The number of ether oxygens (including phenoxy) is 1. The van der Waals surface area contributed by atoms with Crippen molar-refractivity contribution in [3.8, 4) is 0 Å². The second-order valence-corrected chi connectivity index (χ2v) is 9.23. The minimum absolute atomic E-state index is 0. The van der Waals surface area contributed by atoms with Gasteiger partial charge in [-0.3, -0.25) is 9.69 Å². The number of nitrogens with zero attached hydrogens (tertiary/aromatic N) is 2. The Morgan fingerprint density at radius 2 is 1.96 bits per heavy atom. The maximum atomic E-state index is 14.7. The molecule has 1 aliphatic carbocycles. The Morgan fingerprint density at radius 3 is 2.54 bits per heavy atom. The van der Waals surface area contributed by atoms with Crippen molar-refractivity contribution in [1.82, 2.24) is 5.32 Å². The van der Waals surface area contributed by atoms with Gasteiger partial charge in [-0.15, -0.1) is 0 Å². The van der Waals surface area contributed by atoms with Crippen LogP contribution in [0.1, 0.15) is 14.3 Å². The van der Waals surface area contributed by atoms with Gasteiger partial charge in [-0.05, 0) is 12.8 Å². The van der Waals surface area contributed by atoms with E-state index in [0.29, 0.717) is 13.1 Å². The summed E-state index contributed by atoms with van der Waals surface area (Å²) in [7, 11) is 0. The molecule has 9 heteroatoms. The number of hydrogen-bond acceptors (Lipinski definition) is 5. The molecule has 5 rings (SSSR count). The summed E-state index contributed by atoms with van der Waals surface area (Å²) in [6.45, 7) is 1.68. The standard InChI is InChI=1S/C19H21F2N3O3S.H2/c20-14-3-12(4-15(21)16(14)23-7-19(8-23)9-28-10-19)24-6-13(27-18(24)26)5-22-17(25)11-1-2-11;/h3-4,11,13H,1-2,5-10H2,(H,22,25);1H/t13-;/m0./s1. The van der Waals surface area contributed by atoms with E-state index in [9.17, 15) is 18.4 Å².